The van der Waals surface area contributed by atoms with Crippen molar-refractivity contribution in [3.05, 3.63) is 58.6 Å². The van der Waals surface area contributed by atoms with Gasteiger partial charge in [-0.3, -0.25) is 9.10 Å². The van der Waals surface area contributed by atoms with Crippen LogP contribution in [-0.2, 0) is 19.6 Å². The molecule has 0 saturated carbocycles. The van der Waals surface area contributed by atoms with Crippen LogP contribution in [0.15, 0.2) is 53.4 Å². The number of carbonyl (C=O) groups is 1. The fraction of sp³-hybridized carbons (Fsp3) is 0.133. The fourth-order valence-electron chi connectivity index (χ4n) is 1.90. The summed E-state index contributed by atoms with van der Waals surface area (Å²) in [6.45, 7) is -0.496. The van der Waals surface area contributed by atoms with Crippen LogP contribution >= 0.6 is 23.2 Å². The maximum atomic E-state index is 12.8. The summed E-state index contributed by atoms with van der Waals surface area (Å²) in [7, 11) is -2.80. The number of hydrogen-bond acceptors (Lipinski definition) is 4. The molecule has 2 aromatic carbocycles. The van der Waals surface area contributed by atoms with Crippen LogP contribution in [0.2, 0.25) is 10.0 Å². The monoisotopic (exact) mass is 373 g/mol. The molecule has 0 aliphatic rings. The number of nitrogens with zero attached hydrogens (tertiary/aromatic N) is 1. The number of ether oxygens (including phenoxy) is 1. The zero-order valence-corrected chi connectivity index (χ0v) is 14.4. The lowest BCUT2D eigenvalue weighted by atomic mass is 10.3. The first-order valence-corrected chi connectivity index (χ1v) is 8.65. The van der Waals surface area contributed by atoms with E-state index in [0.717, 1.165) is 4.31 Å². The molecule has 0 bridgehead atoms. The molecule has 0 heterocycles. The number of rotatable bonds is 5. The van der Waals surface area contributed by atoms with Gasteiger partial charge in [-0.2, -0.15) is 0 Å². The normalized spacial score (nSPS) is 11.1. The Kier molecular flexibility index (Phi) is 5.51. The van der Waals surface area contributed by atoms with Gasteiger partial charge in [0.25, 0.3) is 10.0 Å². The van der Waals surface area contributed by atoms with Crippen LogP contribution in [0.1, 0.15) is 0 Å². The van der Waals surface area contributed by atoms with Gasteiger partial charge in [0.1, 0.15) is 6.54 Å². The molecule has 0 spiro atoms. The summed E-state index contributed by atoms with van der Waals surface area (Å²) in [5.41, 5.74) is 0.178. The summed E-state index contributed by atoms with van der Waals surface area (Å²) in [6, 6.07) is 12.0. The first-order valence-electron chi connectivity index (χ1n) is 6.45. The highest BCUT2D eigenvalue weighted by Gasteiger charge is 2.27. The molecule has 0 amide bonds. The van der Waals surface area contributed by atoms with Gasteiger partial charge in [-0.15, -0.1) is 0 Å². The van der Waals surface area contributed by atoms with Gasteiger partial charge in [0.2, 0.25) is 0 Å². The van der Waals surface area contributed by atoms with Crippen molar-refractivity contribution < 1.29 is 17.9 Å². The van der Waals surface area contributed by atoms with E-state index in [0.29, 0.717) is 0 Å². The summed E-state index contributed by atoms with van der Waals surface area (Å²) in [4.78, 5) is 11.7. The first-order chi connectivity index (χ1) is 10.8. The Balaban J connectivity index is 2.56. The predicted octanol–water partition coefficient (Wildman–Crippen LogP) is 3.36. The van der Waals surface area contributed by atoms with Crippen LogP contribution in [0.25, 0.3) is 0 Å². The van der Waals surface area contributed by atoms with E-state index in [2.05, 4.69) is 4.74 Å². The molecule has 0 aromatic heterocycles. The molecule has 0 radical (unpaired) electrons. The van der Waals surface area contributed by atoms with Crippen molar-refractivity contribution in [1.82, 2.24) is 0 Å². The molecule has 5 nitrogen and oxygen atoms in total. The number of benzene rings is 2. The van der Waals surface area contributed by atoms with Gasteiger partial charge in [0.15, 0.2) is 0 Å². The van der Waals surface area contributed by atoms with Crippen LogP contribution in [-0.4, -0.2) is 28.0 Å². The summed E-state index contributed by atoms with van der Waals surface area (Å²) < 4.78 is 31.2. The Morgan fingerprint density at radius 1 is 1.09 bits per heavy atom. The van der Waals surface area contributed by atoms with Crippen molar-refractivity contribution in [2.24, 2.45) is 0 Å². The molecule has 0 aliphatic heterocycles. The lowest BCUT2D eigenvalue weighted by molar-refractivity contribution is -0.138. The number of halogens is 2. The van der Waals surface area contributed by atoms with Gasteiger partial charge in [-0.1, -0.05) is 41.4 Å². The smallest absolute Gasteiger partial charge is 0.326 e. The number of anilines is 1. The minimum Gasteiger partial charge on any atom is -0.468 e. The van der Waals surface area contributed by atoms with Crippen LogP contribution in [0.4, 0.5) is 5.69 Å². The quantitative estimate of drug-likeness (QED) is 0.753. The second kappa shape index (κ2) is 7.21. The Morgan fingerprint density at radius 2 is 1.65 bits per heavy atom. The maximum Gasteiger partial charge on any atom is 0.326 e. The van der Waals surface area contributed by atoms with E-state index in [4.69, 9.17) is 23.2 Å². The van der Waals surface area contributed by atoms with Crippen molar-refractivity contribution in [1.29, 1.82) is 0 Å². The number of carbonyl (C=O) groups excluding carboxylic acids is 1. The SMILES string of the molecule is COC(=O)CN(c1cc(Cl)cc(Cl)c1)S(=O)(=O)c1ccccc1. The standard InChI is InChI=1S/C15H13Cl2NO4S/c1-22-15(19)10-18(13-8-11(16)7-12(17)9-13)23(20,21)14-5-3-2-4-6-14/h2-9H,10H2,1H3. The van der Waals surface area contributed by atoms with E-state index in [1.165, 1.54) is 37.4 Å². The number of hydrogen-bond donors (Lipinski definition) is 0. The minimum atomic E-state index is -3.98. The molecular formula is C15H13Cl2NO4S. The summed E-state index contributed by atoms with van der Waals surface area (Å²) in [5.74, 6) is -0.708. The third-order valence-electron chi connectivity index (χ3n) is 2.97. The zero-order valence-electron chi connectivity index (χ0n) is 12.1. The lowest BCUT2D eigenvalue weighted by Crippen LogP contribution is -2.36. The van der Waals surface area contributed by atoms with Crippen molar-refractivity contribution in [2.75, 3.05) is 18.0 Å². The number of esters is 1. The first kappa shape index (κ1) is 17.6. The Bertz CT molecular complexity index is 789. The molecule has 0 aliphatic carbocycles. The average Bonchev–Trinajstić information content (AvgIpc) is 2.52. The van der Waals surface area contributed by atoms with Gasteiger partial charge in [0, 0.05) is 10.0 Å². The Hall–Kier alpha value is -1.76. The van der Waals surface area contributed by atoms with Crippen molar-refractivity contribution in [2.45, 2.75) is 4.90 Å². The van der Waals surface area contributed by atoms with E-state index < -0.39 is 22.5 Å². The van der Waals surface area contributed by atoms with E-state index >= 15 is 0 Å². The minimum absolute atomic E-state index is 0.0417. The van der Waals surface area contributed by atoms with Gasteiger partial charge < -0.3 is 4.74 Å². The van der Waals surface area contributed by atoms with Crippen molar-refractivity contribution in [3.63, 3.8) is 0 Å². The van der Waals surface area contributed by atoms with Crippen molar-refractivity contribution >= 4 is 44.9 Å². The average molecular weight is 374 g/mol. The van der Waals surface area contributed by atoms with E-state index in [1.807, 2.05) is 0 Å². The molecule has 2 rings (SSSR count). The third kappa shape index (κ3) is 4.16. The molecule has 0 unspecified atom stereocenters. The van der Waals surface area contributed by atoms with E-state index in [1.54, 1.807) is 18.2 Å². The molecule has 0 saturated heterocycles. The predicted molar refractivity (Wildman–Crippen MR) is 89.5 cm³/mol. The molecule has 23 heavy (non-hydrogen) atoms. The van der Waals surface area contributed by atoms with Crippen molar-refractivity contribution in [3.8, 4) is 0 Å². The Morgan fingerprint density at radius 3 is 2.17 bits per heavy atom. The summed E-state index contributed by atoms with van der Waals surface area (Å²) in [5, 5.41) is 0.510. The highest BCUT2D eigenvalue weighted by molar-refractivity contribution is 7.92. The maximum absolute atomic E-state index is 12.8. The van der Waals surface area contributed by atoms with Crippen LogP contribution in [0.3, 0.4) is 0 Å². The number of sulfonamides is 1. The molecular weight excluding hydrogens is 361 g/mol. The molecule has 0 N–H and O–H groups in total. The molecule has 2 aromatic rings. The molecule has 0 fully saturated rings. The zero-order chi connectivity index (χ0) is 17.0. The third-order valence-corrected chi connectivity index (χ3v) is 5.19. The summed E-state index contributed by atoms with van der Waals surface area (Å²) >= 11 is 11.9. The lowest BCUT2D eigenvalue weighted by Gasteiger charge is -2.23. The van der Waals surface area contributed by atoms with Gasteiger partial charge in [-0.05, 0) is 30.3 Å². The van der Waals surface area contributed by atoms with Gasteiger partial charge in [-0.25, -0.2) is 8.42 Å². The van der Waals surface area contributed by atoms with Gasteiger partial charge in [0.05, 0.1) is 17.7 Å². The van der Waals surface area contributed by atoms with E-state index in [-0.39, 0.29) is 20.6 Å². The number of methoxy groups -OCH3 is 1. The van der Waals surface area contributed by atoms with Crippen LogP contribution in [0, 0.1) is 0 Å². The highest BCUT2D eigenvalue weighted by Crippen LogP contribution is 2.29. The van der Waals surface area contributed by atoms with Crippen LogP contribution in [0.5, 0.6) is 0 Å². The Labute approximate surface area is 144 Å². The second-order valence-corrected chi connectivity index (χ2v) is 7.26. The summed E-state index contributed by atoms with van der Waals surface area (Å²) in [6.07, 6.45) is 0. The second-order valence-electron chi connectivity index (χ2n) is 4.53. The topological polar surface area (TPSA) is 63.7 Å². The largest absolute Gasteiger partial charge is 0.468 e. The highest BCUT2D eigenvalue weighted by atomic mass is 35.5. The van der Waals surface area contributed by atoms with Crippen LogP contribution < -0.4 is 4.31 Å². The molecule has 0 atom stereocenters. The molecule has 122 valence electrons. The fourth-order valence-corrected chi connectivity index (χ4v) is 3.83. The van der Waals surface area contributed by atoms with Gasteiger partial charge >= 0.3 is 5.97 Å². The molecule has 8 heteroatoms. The van der Waals surface area contributed by atoms with E-state index in [9.17, 15) is 13.2 Å².